The van der Waals surface area contributed by atoms with E-state index in [-0.39, 0.29) is 6.03 Å². The monoisotopic (exact) mass is 286 g/mol. The van der Waals surface area contributed by atoms with Crippen LogP contribution in [0, 0.1) is 11.8 Å². The second-order valence-corrected chi connectivity index (χ2v) is 6.71. The van der Waals surface area contributed by atoms with E-state index >= 15 is 0 Å². The Labute approximate surface area is 127 Å². The number of hydrogen-bond acceptors (Lipinski definition) is 1. The van der Waals surface area contributed by atoms with E-state index in [1.807, 2.05) is 30.3 Å². The fourth-order valence-electron chi connectivity index (χ4n) is 3.62. The highest BCUT2D eigenvalue weighted by Crippen LogP contribution is 2.37. The summed E-state index contributed by atoms with van der Waals surface area (Å²) in [4.78, 5) is 12.0. The van der Waals surface area contributed by atoms with Gasteiger partial charge in [0.15, 0.2) is 0 Å². The molecule has 0 atom stereocenters. The lowest BCUT2D eigenvalue weighted by molar-refractivity contribution is 0.198. The van der Waals surface area contributed by atoms with Crippen molar-refractivity contribution in [1.82, 2.24) is 5.32 Å². The van der Waals surface area contributed by atoms with Gasteiger partial charge in [0.1, 0.15) is 0 Å². The van der Waals surface area contributed by atoms with Crippen LogP contribution in [0.5, 0.6) is 0 Å². The highest BCUT2D eigenvalue weighted by Gasteiger charge is 2.26. The molecular formula is C18H26N2O. The van der Waals surface area contributed by atoms with Gasteiger partial charge < -0.3 is 10.6 Å². The zero-order chi connectivity index (χ0) is 14.5. The van der Waals surface area contributed by atoms with E-state index in [2.05, 4.69) is 10.6 Å². The second-order valence-electron chi connectivity index (χ2n) is 6.71. The molecule has 2 aliphatic carbocycles. The third-order valence-electron chi connectivity index (χ3n) is 5.11. The number of hydrogen-bond donors (Lipinski definition) is 2. The highest BCUT2D eigenvalue weighted by atomic mass is 16.2. The molecule has 0 saturated heterocycles. The summed E-state index contributed by atoms with van der Waals surface area (Å²) in [6.45, 7) is 0. The van der Waals surface area contributed by atoms with Gasteiger partial charge in [-0.3, -0.25) is 0 Å². The molecule has 0 unspecified atom stereocenters. The molecule has 0 radical (unpaired) electrons. The summed E-state index contributed by atoms with van der Waals surface area (Å²) in [5.74, 6) is 1.92. The van der Waals surface area contributed by atoms with Crippen LogP contribution < -0.4 is 10.6 Å². The lowest BCUT2D eigenvalue weighted by atomic mass is 9.74. The van der Waals surface area contributed by atoms with Crippen molar-refractivity contribution in [2.24, 2.45) is 11.8 Å². The van der Waals surface area contributed by atoms with Crippen LogP contribution in [0.4, 0.5) is 10.5 Å². The largest absolute Gasteiger partial charge is 0.335 e. The Balaban J connectivity index is 1.37. The van der Waals surface area contributed by atoms with E-state index in [1.54, 1.807) is 0 Å². The van der Waals surface area contributed by atoms with E-state index in [9.17, 15) is 4.79 Å². The van der Waals surface area contributed by atoms with Gasteiger partial charge in [-0.2, -0.15) is 0 Å². The smallest absolute Gasteiger partial charge is 0.319 e. The van der Waals surface area contributed by atoms with Crippen LogP contribution in [0.15, 0.2) is 30.3 Å². The Morgan fingerprint density at radius 1 is 0.952 bits per heavy atom. The molecule has 2 fully saturated rings. The molecule has 3 heteroatoms. The van der Waals surface area contributed by atoms with Crippen molar-refractivity contribution in [3.05, 3.63) is 30.3 Å². The van der Waals surface area contributed by atoms with Crippen LogP contribution in [0.25, 0.3) is 0 Å². The molecule has 0 bridgehead atoms. The molecule has 0 spiro atoms. The third-order valence-corrected chi connectivity index (χ3v) is 5.11. The summed E-state index contributed by atoms with van der Waals surface area (Å²) < 4.78 is 0. The number of para-hydroxylation sites is 1. The predicted octanol–water partition coefficient (Wildman–Crippen LogP) is 4.56. The molecule has 2 amide bonds. The van der Waals surface area contributed by atoms with Gasteiger partial charge in [-0.15, -0.1) is 0 Å². The molecule has 114 valence electrons. The maximum Gasteiger partial charge on any atom is 0.319 e. The first kappa shape index (κ1) is 14.4. The van der Waals surface area contributed by atoms with E-state index in [0.29, 0.717) is 6.04 Å². The average molecular weight is 286 g/mol. The Morgan fingerprint density at radius 2 is 1.62 bits per heavy atom. The molecule has 2 aliphatic rings. The minimum Gasteiger partial charge on any atom is -0.335 e. The summed E-state index contributed by atoms with van der Waals surface area (Å²) in [6, 6.07) is 9.93. The standard InChI is InChI=1S/C18H26N2O/c21-18(19-16-7-2-1-3-8-16)20-17-11-9-15(10-12-17)13-14-5-4-6-14/h1-3,7-8,14-15,17H,4-6,9-13H2,(H2,19,20,21). The van der Waals surface area contributed by atoms with Crippen molar-refractivity contribution < 1.29 is 4.79 Å². The number of carbonyl (C=O) groups is 1. The van der Waals surface area contributed by atoms with Crippen molar-refractivity contribution in [1.29, 1.82) is 0 Å². The number of urea groups is 1. The maximum absolute atomic E-state index is 12.0. The molecule has 0 heterocycles. The minimum absolute atomic E-state index is 0.0661. The fraction of sp³-hybridized carbons (Fsp3) is 0.611. The Morgan fingerprint density at radius 3 is 2.24 bits per heavy atom. The van der Waals surface area contributed by atoms with Gasteiger partial charge in [0.05, 0.1) is 0 Å². The second kappa shape index (κ2) is 6.97. The normalized spacial score (nSPS) is 25.9. The van der Waals surface area contributed by atoms with Crippen molar-refractivity contribution >= 4 is 11.7 Å². The van der Waals surface area contributed by atoms with Crippen LogP contribution in [0.2, 0.25) is 0 Å². The van der Waals surface area contributed by atoms with Crippen molar-refractivity contribution in [3.8, 4) is 0 Å². The van der Waals surface area contributed by atoms with Gasteiger partial charge in [0.25, 0.3) is 0 Å². The number of nitrogens with one attached hydrogen (secondary N) is 2. The minimum atomic E-state index is -0.0661. The van der Waals surface area contributed by atoms with E-state index in [4.69, 9.17) is 0 Å². The number of rotatable bonds is 4. The van der Waals surface area contributed by atoms with Crippen LogP contribution in [-0.4, -0.2) is 12.1 Å². The SMILES string of the molecule is O=C(Nc1ccccc1)NC1CCC(CC2CCC2)CC1. The number of amides is 2. The van der Waals surface area contributed by atoms with Gasteiger partial charge in [-0.25, -0.2) is 4.79 Å². The first-order valence-electron chi connectivity index (χ1n) is 8.42. The van der Waals surface area contributed by atoms with E-state index in [0.717, 1.165) is 30.4 Å². The number of carbonyl (C=O) groups excluding carboxylic acids is 1. The highest BCUT2D eigenvalue weighted by molar-refractivity contribution is 5.89. The van der Waals surface area contributed by atoms with Crippen molar-refractivity contribution in [3.63, 3.8) is 0 Å². The predicted molar refractivity (Wildman–Crippen MR) is 86.3 cm³/mol. The van der Waals surface area contributed by atoms with Gasteiger partial charge in [-0.1, -0.05) is 37.5 Å². The fourth-order valence-corrected chi connectivity index (χ4v) is 3.62. The summed E-state index contributed by atoms with van der Waals surface area (Å²) in [6.07, 6.45) is 10.6. The van der Waals surface area contributed by atoms with Crippen molar-refractivity contribution in [2.75, 3.05) is 5.32 Å². The number of benzene rings is 1. The average Bonchev–Trinajstić information content (AvgIpc) is 2.45. The quantitative estimate of drug-likeness (QED) is 0.837. The Kier molecular flexibility index (Phi) is 4.79. The lowest BCUT2D eigenvalue weighted by Crippen LogP contribution is -2.40. The molecule has 3 rings (SSSR count). The van der Waals surface area contributed by atoms with Crippen LogP contribution in [0.1, 0.15) is 51.4 Å². The van der Waals surface area contributed by atoms with Crippen LogP contribution in [0.3, 0.4) is 0 Å². The van der Waals surface area contributed by atoms with E-state index in [1.165, 1.54) is 38.5 Å². The molecule has 0 aliphatic heterocycles. The van der Waals surface area contributed by atoms with Gasteiger partial charge in [0.2, 0.25) is 0 Å². The van der Waals surface area contributed by atoms with E-state index < -0.39 is 0 Å². The molecule has 2 N–H and O–H groups in total. The van der Waals surface area contributed by atoms with Crippen molar-refractivity contribution in [2.45, 2.75) is 57.4 Å². The van der Waals surface area contributed by atoms with Gasteiger partial charge in [-0.05, 0) is 56.1 Å². The first-order chi connectivity index (χ1) is 10.3. The molecule has 21 heavy (non-hydrogen) atoms. The molecule has 1 aromatic rings. The summed E-state index contributed by atoms with van der Waals surface area (Å²) in [5, 5.41) is 6.02. The first-order valence-corrected chi connectivity index (χ1v) is 8.42. The van der Waals surface area contributed by atoms with Gasteiger partial charge >= 0.3 is 6.03 Å². The lowest BCUT2D eigenvalue weighted by Gasteiger charge is -2.34. The summed E-state index contributed by atoms with van der Waals surface area (Å²) in [5.41, 5.74) is 0.855. The zero-order valence-corrected chi connectivity index (χ0v) is 12.7. The molecule has 2 saturated carbocycles. The molecular weight excluding hydrogens is 260 g/mol. The van der Waals surface area contributed by atoms with Crippen LogP contribution >= 0.6 is 0 Å². The molecule has 0 aromatic heterocycles. The summed E-state index contributed by atoms with van der Waals surface area (Å²) >= 11 is 0. The maximum atomic E-state index is 12.0. The Bertz CT molecular complexity index is 448. The van der Waals surface area contributed by atoms with Gasteiger partial charge in [0, 0.05) is 11.7 Å². The third kappa shape index (κ3) is 4.23. The van der Waals surface area contributed by atoms with Crippen LogP contribution in [-0.2, 0) is 0 Å². The zero-order valence-electron chi connectivity index (χ0n) is 12.7. The molecule has 3 nitrogen and oxygen atoms in total. The molecule has 1 aromatic carbocycles. The summed E-state index contributed by atoms with van der Waals surface area (Å²) in [7, 11) is 0. The number of anilines is 1. The topological polar surface area (TPSA) is 41.1 Å². The Hall–Kier alpha value is -1.51.